The molecular weight excluding hydrogens is 427 g/mol. The van der Waals surface area contributed by atoms with Crippen LogP contribution < -0.4 is 21.1 Å². The minimum Gasteiger partial charge on any atom is -0.340 e. The van der Waals surface area contributed by atoms with Crippen LogP contribution in [0.3, 0.4) is 0 Å². The van der Waals surface area contributed by atoms with Crippen molar-refractivity contribution in [1.29, 1.82) is 0 Å². The molecule has 3 heterocycles. The Labute approximate surface area is 181 Å². The van der Waals surface area contributed by atoms with Gasteiger partial charge >= 0.3 is 6.18 Å². The number of hydrogen-bond acceptors (Lipinski definition) is 5. The monoisotopic (exact) mass is 449 g/mol. The Morgan fingerprint density at radius 1 is 1.25 bits per heavy atom. The lowest BCUT2D eigenvalue weighted by Crippen LogP contribution is -2.42. The Hall–Kier alpha value is -3.37. The van der Waals surface area contributed by atoms with E-state index in [1.54, 1.807) is 0 Å². The smallest absolute Gasteiger partial charge is 0.340 e. The molecule has 0 bridgehead atoms. The fourth-order valence-electron chi connectivity index (χ4n) is 4.13. The third kappa shape index (κ3) is 4.32. The Morgan fingerprint density at radius 3 is 2.75 bits per heavy atom. The van der Waals surface area contributed by atoms with E-state index in [9.17, 15) is 27.6 Å². The number of carbonyl (C=O) groups excluding carboxylic acids is 2. The summed E-state index contributed by atoms with van der Waals surface area (Å²) in [6.07, 6.45) is -1.93. The maximum absolute atomic E-state index is 13.0. The van der Waals surface area contributed by atoms with Crippen molar-refractivity contribution >= 4 is 29.3 Å². The fraction of sp³-hybridized carbons (Fsp3) is 0.429. The molecule has 2 aliphatic rings. The molecule has 170 valence electrons. The van der Waals surface area contributed by atoms with E-state index >= 15 is 0 Å². The van der Waals surface area contributed by atoms with Crippen LogP contribution in [-0.4, -0.2) is 34.4 Å². The molecule has 2 atom stereocenters. The number of nitrogens with one attached hydrogen (secondary N) is 3. The van der Waals surface area contributed by atoms with Crippen LogP contribution in [0.2, 0.25) is 0 Å². The van der Waals surface area contributed by atoms with Gasteiger partial charge < -0.3 is 15.5 Å². The number of nitrogens with zero attached hydrogens (tertiary/aromatic N) is 2. The summed E-state index contributed by atoms with van der Waals surface area (Å²) in [6.45, 7) is 2.72. The summed E-state index contributed by atoms with van der Waals surface area (Å²) in [5.41, 5.74) is -1.58. The minimum absolute atomic E-state index is 0.00182. The third-order valence-electron chi connectivity index (χ3n) is 5.79. The van der Waals surface area contributed by atoms with Crippen molar-refractivity contribution in [2.45, 2.75) is 50.7 Å². The summed E-state index contributed by atoms with van der Waals surface area (Å²) in [7, 11) is 0. The summed E-state index contributed by atoms with van der Waals surface area (Å²) in [4.78, 5) is 47.0. The lowest BCUT2D eigenvalue weighted by atomic mass is 9.92. The molecule has 8 nitrogen and oxygen atoms in total. The van der Waals surface area contributed by atoms with Crippen molar-refractivity contribution in [1.82, 2.24) is 9.97 Å². The normalized spacial score (nSPS) is 21.0. The second-order valence-electron chi connectivity index (χ2n) is 8.06. The van der Waals surface area contributed by atoms with Crippen LogP contribution in [0.15, 0.2) is 29.1 Å². The highest BCUT2D eigenvalue weighted by atomic mass is 19.4. The average Bonchev–Trinajstić information content (AvgIpc) is 2.72. The number of aromatic nitrogens is 2. The Kier molecular flexibility index (Phi) is 5.66. The lowest BCUT2D eigenvalue weighted by molar-refractivity contribution is -0.137. The Balaban J connectivity index is 1.64. The van der Waals surface area contributed by atoms with Crippen LogP contribution in [0.1, 0.15) is 49.7 Å². The molecule has 0 radical (unpaired) electrons. The molecule has 32 heavy (non-hydrogen) atoms. The maximum atomic E-state index is 13.0. The van der Waals surface area contributed by atoms with Crippen LogP contribution in [-0.2, 0) is 15.8 Å². The zero-order chi connectivity index (χ0) is 23.0. The number of fused-ring (bicyclic) bond motifs is 1. The average molecular weight is 449 g/mol. The number of carbonyl (C=O) groups is 2. The van der Waals surface area contributed by atoms with Gasteiger partial charge in [0, 0.05) is 24.7 Å². The summed E-state index contributed by atoms with van der Waals surface area (Å²) in [5, 5.41) is 4.94. The SMILES string of the molecule is C[C@H]1CCCCN1c1nc2c(c(=O)[nH]1)[C@H](C(=O)Nc1cccc(C(F)(F)F)c1)CC(=O)N2. The number of benzene rings is 1. The van der Waals surface area contributed by atoms with E-state index in [1.165, 1.54) is 12.1 Å². The molecule has 11 heteroatoms. The maximum Gasteiger partial charge on any atom is 0.416 e. The Bertz CT molecular complexity index is 1110. The van der Waals surface area contributed by atoms with Crippen LogP contribution in [0, 0.1) is 0 Å². The predicted molar refractivity (Wildman–Crippen MR) is 112 cm³/mol. The van der Waals surface area contributed by atoms with Gasteiger partial charge in [0.2, 0.25) is 17.8 Å². The van der Waals surface area contributed by atoms with Gasteiger partial charge in [0.05, 0.1) is 17.0 Å². The highest BCUT2D eigenvalue weighted by molar-refractivity contribution is 6.04. The first-order valence-electron chi connectivity index (χ1n) is 10.3. The van der Waals surface area contributed by atoms with Crippen molar-refractivity contribution in [3.8, 4) is 0 Å². The van der Waals surface area contributed by atoms with Crippen LogP contribution in [0.5, 0.6) is 0 Å². The summed E-state index contributed by atoms with van der Waals surface area (Å²) >= 11 is 0. The van der Waals surface area contributed by atoms with E-state index in [4.69, 9.17) is 0 Å². The fourth-order valence-corrected chi connectivity index (χ4v) is 4.13. The first-order chi connectivity index (χ1) is 15.1. The summed E-state index contributed by atoms with van der Waals surface area (Å²) in [5.74, 6) is -2.12. The van der Waals surface area contributed by atoms with Gasteiger partial charge in [0.15, 0.2) is 0 Å². The molecule has 1 aromatic heterocycles. The van der Waals surface area contributed by atoms with E-state index in [-0.39, 0.29) is 29.5 Å². The number of aromatic amines is 1. The number of piperidine rings is 1. The highest BCUT2D eigenvalue weighted by Crippen LogP contribution is 2.33. The van der Waals surface area contributed by atoms with E-state index in [0.29, 0.717) is 12.5 Å². The summed E-state index contributed by atoms with van der Waals surface area (Å²) in [6, 6.07) is 4.31. The number of rotatable bonds is 3. The minimum atomic E-state index is -4.57. The zero-order valence-corrected chi connectivity index (χ0v) is 17.3. The number of halogens is 3. The van der Waals surface area contributed by atoms with Crippen molar-refractivity contribution in [2.24, 2.45) is 0 Å². The van der Waals surface area contributed by atoms with Gasteiger partial charge in [-0.05, 0) is 44.4 Å². The number of H-pyrrole nitrogens is 1. The van der Waals surface area contributed by atoms with Crippen LogP contribution >= 0.6 is 0 Å². The molecule has 0 saturated carbocycles. The number of amides is 2. The second-order valence-corrected chi connectivity index (χ2v) is 8.06. The van der Waals surface area contributed by atoms with Crippen molar-refractivity contribution in [3.63, 3.8) is 0 Å². The van der Waals surface area contributed by atoms with Crippen LogP contribution in [0.4, 0.5) is 30.6 Å². The molecule has 2 aliphatic heterocycles. The van der Waals surface area contributed by atoms with E-state index < -0.39 is 35.0 Å². The quantitative estimate of drug-likeness (QED) is 0.667. The molecule has 0 aliphatic carbocycles. The van der Waals surface area contributed by atoms with E-state index in [1.807, 2.05) is 11.8 Å². The zero-order valence-electron chi connectivity index (χ0n) is 17.3. The molecule has 2 aromatic rings. The molecule has 2 amide bonds. The molecule has 3 N–H and O–H groups in total. The molecule has 0 unspecified atom stereocenters. The molecule has 4 rings (SSSR count). The van der Waals surface area contributed by atoms with Gasteiger partial charge in [-0.25, -0.2) is 0 Å². The number of anilines is 3. The van der Waals surface area contributed by atoms with Crippen molar-refractivity contribution < 1.29 is 22.8 Å². The first-order valence-corrected chi connectivity index (χ1v) is 10.3. The van der Waals surface area contributed by atoms with Gasteiger partial charge in [-0.15, -0.1) is 0 Å². The van der Waals surface area contributed by atoms with Gasteiger partial charge in [-0.1, -0.05) is 6.07 Å². The molecule has 0 spiro atoms. The molecular formula is C21H22F3N5O3. The van der Waals surface area contributed by atoms with Gasteiger partial charge in [0.1, 0.15) is 5.82 Å². The van der Waals surface area contributed by atoms with Gasteiger partial charge in [0.25, 0.3) is 5.56 Å². The van der Waals surface area contributed by atoms with Gasteiger partial charge in [-0.2, -0.15) is 18.2 Å². The van der Waals surface area contributed by atoms with Crippen molar-refractivity contribution in [2.75, 3.05) is 22.1 Å². The van der Waals surface area contributed by atoms with Crippen LogP contribution in [0.25, 0.3) is 0 Å². The third-order valence-corrected chi connectivity index (χ3v) is 5.79. The highest BCUT2D eigenvalue weighted by Gasteiger charge is 2.36. The van der Waals surface area contributed by atoms with E-state index in [0.717, 1.165) is 31.4 Å². The number of alkyl halides is 3. The van der Waals surface area contributed by atoms with E-state index in [2.05, 4.69) is 20.6 Å². The van der Waals surface area contributed by atoms with Gasteiger partial charge in [-0.3, -0.25) is 19.4 Å². The van der Waals surface area contributed by atoms with Crippen molar-refractivity contribution in [3.05, 3.63) is 45.7 Å². The number of hydrogen-bond donors (Lipinski definition) is 3. The topological polar surface area (TPSA) is 107 Å². The summed E-state index contributed by atoms with van der Waals surface area (Å²) < 4.78 is 38.9. The second kappa shape index (κ2) is 8.29. The lowest BCUT2D eigenvalue weighted by Gasteiger charge is -2.34. The largest absolute Gasteiger partial charge is 0.416 e. The first kappa shape index (κ1) is 21.8. The predicted octanol–water partition coefficient (Wildman–Crippen LogP) is 3.23. The molecule has 1 saturated heterocycles. The Morgan fingerprint density at radius 2 is 2.03 bits per heavy atom. The molecule has 1 fully saturated rings. The molecule has 1 aromatic carbocycles. The standard InChI is InChI=1S/C21H22F3N5O3/c1-11-5-2-3-8-29(11)20-27-17-16(19(32)28-20)14(10-15(30)26-17)18(31)25-13-7-4-6-12(9-13)21(22,23)24/h4,6-7,9,11,14H,2-3,5,8,10H2,1H3,(H,25,31)(H2,26,27,28,30,32)/t11-,14+/m0/s1.